The lowest BCUT2D eigenvalue weighted by atomic mass is 10.1. The number of aryl methyl sites for hydroxylation is 1. The van der Waals surface area contributed by atoms with Gasteiger partial charge < -0.3 is 9.88 Å². The number of terminal acetylenes is 1. The van der Waals surface area contributed by atoms with E-state index in [1.54, 1.807) is 0 Å². The Kier molecular flexibility index (Phi) is 3.92. The molecule has 0 aliphatic rings. The molecule has 0 radical (unpaired) electrons. The first-order chi connectivity index (χ1) is 9.33. The van der Waals surface area contributed by atoms with Crippen LogP contribution in [0.25, 0.3) is 10.9 Å². The molecule has 0 aliphatic heterocycles. The number of nitrogens with one attached hydrogen (secondary N) is 1. The maximum Gasteiger partial charge on any atom is 0.0837 e. The number of nitrogens with zero attached hydrogens (tertiary/aromatic N) is 1. The van der Waals surface area contributed by atoms with Crippen LogP contribution < -0.4 is 5.32 Å². The highest BCUT2D eigenvalue weighted by Gasteiger charge is 2.12. The van der Waals surface area contributed by atoms with Crippen LogP contribution in [0.5, 0.6) is 0 Å². The summed E-state index contributed by atoms with van der Waals surface area (Å²) in [7, 11) is 0. The van der Waals surface area contributed by atoms with Crippen molar-refractivity contribution in [3.05, 3.63) is 35.0 Å². The standard InChI is InChI=1S/C18H24N2/c1-7-10-20-14(3)13(2)16-11-15(8-9-17(16)20)12-19-18(4,5)6/h1,8-9,11,19H,10,12H2,2-6H3. The van der Waals surface area contributed by atoms with Gasteiger partial charge in [0.2, 0.25) is 0 Å². The van der Waals surface area contributed by atoms with Crippen LogP contribution in [0.3, 0.4) is 0 Å². The van der Waals surface area contributed by atoms with Gasteiger partial charge in [0.25, 0.3) is 0 Å². The summed E-state index contributed by atoms with van der Waals surface area (Å²) in [6, 6.07) is 6.66. The molecule has 1 N–H and O–H groups in total. The number of benzene rings is 1. The summed E-state index contributed by atoms with van der Waals surface area (Å²) in [4.78, 5) is 0. The molecule has 1 heterocycles. The van der Waals surface area contributed by atoms with Crippen LogP contribution in [0.1, 0.15) is 37.6 Å². The van der Waals surface area contributed by atoms with Gasteiger partial charge in [-0.15, -0.1) is 6.42 Å². The third-order valence-corrected chi connectivity index (χ3v) is 3.78. The van der Waals surface area contributed by atoms with Crippen LogP contribution in [0.4, 0.5) is 0 Å². The molecule has 2 aromatic rings. The fourth-order valence-electron chi connectivity index (χ4n) is 2.47. The van der Waals surface area contributed by atoms with Gasteiger partial charge in [-0.3, -0.25) is 0 Å². The van der Waals surface area contributed by atoms with Gasteiger partial charge in [-0.1, -0.05) is 12.0 Å². The Morgan fingerprint density at radius 2 is 1.95 bits per heavy atom. The Morgan fingerprint density at radius 1 is 1.25 bits per heavy atom. The third-order valence-electron chi connectivity index (χ3n) is 3.78. The molecule has 0 unspecified atom stereocenters. The maximum atomic E-state index is 5.47. The van der Waals surface area contributed by atoms with E-state index >= 15 is 0 Å². The molecule has 0 bridgehead atoms. The monoisotopic (exact) mass is 268 g/mol. The van der Waals surface area contributed by atoms with Crippen molar-refractivity contribution < 1.29 is 0 Å². The zero-order valence-electron chi connectivity index (χ0n) is 13.2. The maximum absolute atomic E-state index is 5.47. The summed E-state index contributed by atoms with van der Waals surface area (Å²) in [5.74, 6) is 2.74. The number of aromatic nitrogens is 1. The number of fused-ring (bicyclic) bond motifs is 1. The smallest absolute Gasteiger partial charge is 0.0837 e. The van der Waals surface area contributed by atoms with Gasteiger partial charge in [0.15, 0.2) is 0 Å². The van der Waals surface area contributed by atoms with Gasteiger partial charge in [-0.05, 0) is 57.9 Å². The van der Waals surface area contributed by atoms with Crippen molar-refractivity contribution in [2.75, 3.05) is 0 Å². The quantitative estimate of drug-likeness (QED) is 0.838. The van der Waals surface area contributed by atoms with Gasteiger partial charge in [-0.25, -0.2) is 0 Å². The van der Waals surface area contributed by atoms with Gasteiger partial charge in [-0.2, -0.15) is 0 Å². The second-order valence-electron chi connectivity index (χ2n) is 6.46. The second kappa shape index (κ2) is 5.34. The second-order valence-corrected chi connectivity index (χ2v) is 6.46. The highest BCUT2D eigenvalue weighted by atomic mass is 15.0. The zero-order chi connectivity index (χ0) is 14.9. The molecule has 0 atom stereocenters. The lowest BCUT2D eigenvalue weighted by molar-refractivity contribution is 0.424. The Labute approximate surface area is 122 Å². The van der Waals surface area contributed by atoms with E-state index in [0.717, 1.165) is 6.54 Å². The zero-order valence-corrected chi connectivity index (χ0v) is 13.2. The summed E-state index contributed by atoms with van der Waals surface area (Å²) >= 11 is 0. The van der Waals surface area contributed by atoms with Crippen LogP contribution >= 0.6 is 0 Å². The molecule has 106 valence electrons. The van der Waals surface area contributed by atoms with E-state index < -0.39 is 0 Å². The molecule has 20 heavy (non-hydrogen) atoms. The first kappa shape index (κ1) is 14.7. The largest absolute Gasteiger partial charge is 0.333 e. The van der Waals surface area contributed by atoms with E-state index in [0.29, 0.717) is 6.54 Å². The summed E-state index contributed by atoms with van der Waals surface area (Å²) in [6.45, 7) is 12.4. The van der Waals surface area contributed by atoms with Crippen LogP contribution in [-0.2, 0) is 13.1 Å². The predicted octanol–water partition coefficient (Wildman–Crippen LogP) is 3.78. The minimum absolute atomic E-state index is 0.134. The summed E-state index contributed by atoms with van der Waals surface area (Å²) in [5.41, 5.74) is 5.27. The average molecular weight is 268 g/mol. The van der Waals surface area contributed by atoms with E-state index in [9.17, 15) is 0 Å². The highest BCUT2D eigenvalue weighted by molar-refractivity contribution is 5.86. The van der Waals surface area contributed by atoms with Gasteiger partial charge in [0.05, 0.1) is 6.54 Å². The fraction of sp³-hybridized carbons (Fsp3) is 0.444. The molecule has 2 nitrogen and oxygen atoms in total. The topological polar surface area (TPSA) is 17.0 Å². The van der Waals surface area contributed by atoms with E-state index in [4.69, 9.17) is 6.42 Å². The molecule has 0 aliphatic carbocycles. The minimum atomic E-state index is 0.134. The summed E-state index contributed by atoms with van der Waals surface area (Å²) < 4.78 is 2.21. The molecule has 0 spiro atoms. The molecule has 1 aromatic heterocycles. The number of hydrogen-bond donors (Lipinski definition) is 1. The van der Waals surface area contributed by atoms with Gasteiger partial charge >= 0.3 is 0 Å². The lowest BCUT2D eigenvalue weighted by Crippen LogP contribution is -2.35. The van der Waals surface area contributed by atoms with Crippen LogP contribution in [0, 0.1) is 26.2 Å². The number of rotatable bonds is 3. The summed E-state index contributed by atoms with van der Waals surface area (Å²) in [6.07, 6.45) is 5.47. The average Bonchev–Trinajstić information content (AvgIpc) is 2.61. The van der Waals surface area contributed by atoms with Crippen molar-refractivity contribution in [2.24, 2.45) is 0 Å². The molecular weight excluding hydrogens is 244 g/mol. The van der Waals surface area contributed by atoms with E-state index in [1.165, 1.54) is 27.7 Å². The molecule has 0 saturated heterocycles. The van der Waals surface area contributed by atoms with Crippen LogP contribution in [0.2, 0.25) is 0 Å². The Balaban J connectivity index is 2.40. The minimum Gasteiger partial charge on any atom is -0.333 e. The van der Waals surface area contributed by atoms with Gasteiger partial charge in [0, 0.05) is 28.7 Å². The SMILES string of the molecule is C#CCn1c(C)c(C)c2cc(CNC(C)(C)C)ccc21. The molecule has 1 aromatic carbocycles. The molecule has 0 saturated carbocycles. The summed E-state index contributed by atoms with van der Waals surface area (Å²) in [5, 5.41) is 4.84. The lowest BCUT2D eigenvalue weighted by Gasteiger charge is -2.20. The molecule has 2 heteroatoms. The molecule has 2 rings (SSSR count). The Hall–Kier alpha value is -1.72. The molecule has 0 amide bonds. The van der Waals surface area contributed by atoms with Crippen molar-refractivity contribution in [1.29, 1.82) is 0 Å². The fourth-order valence-corrected chi connectivity index (χ4v) is 2.47. The van der Waals surface area contributed by atoms with Crippen molar-refractivity contribution in [3.63, 3.8) is 0 Å². The van der Waals surface area contributed by atoms with Crippen molar-refractivity contribution >= 4 is 10.9 Å². The van der Waals surface area contributed by atoms with Gasteiger partial charge in [0.1, 0.15) is 0 Å². The highest BCUT2D eigenvalue weighted by Crippen LogP contribution is 2.26. The van der Waals surface area contributed by atoms with E-state index in [2.05, 4.69) is 68.6 Å². The normalized spacial score (nSPS) is 11.8. The van der Waals surface area contributed by atoms with Crippen LogP contribution in [0.15, 0.2) is 18.2 Å². The van der Waals surface area contributed by atoms with Crippen molar-refractivity contribution in [1.82, 2.24) is 9.88 Å². The van der Waals surface area contributed by atoms with E-state index in [-0.39, 0.29) is 5.54 Å². The first-order valence-corrected chi connectivity index (χ1v) is 7.10. The molecule has 0 fully saturated rings. The Bertz CT molecular complexity index is 663. The van der Waals surface area contributed by atoms with E-state index in [1.807, 2.05) is 0 Å². The third kappa shape index (κ3) is 2.89. The van der Waals surface area contributed by atoms with Crippen molar-refractivity contribution in [3.8, 4) is 12.3 Å². The van der Waals surface area contributed by atoms with Crippen molar-refractivity contribution in [2.45, 2.75) is 53.2 Å². The first-order valence-electron chi connectivity index (χ1n) is 7.10. The van der Waals surface area contributed by atoms with Crippen LogP contribution in [-0.4, -0.2) is 10.1 Å². The Morgan fingerprint density at radius 3 is 2.55 bits per heavy atom. The number of hydrogen-bond acceptors (Lipinski definition) is 1. The molecular formula is C18H24N2. The predicted molar refractivity (Wildman–Crippen MR) is 86.8 cm³/mol.